The summed E-state index contributed by atoms with van der Waals surface area (Å²) in [6.07, 6.45) is -8.79. The van der Waals surface area contributed by atoms with Gasteiger partial charge in [-0.25, -0.2) is 8.42 Å². The van der Waals surface area contributed by atoms with Crippen LogP contribution in [0, 0.1) is 11.3 Å². The van der Waals surface area contributed by atoms with E-state index in [-0.39, 0.29) is 54.6 Å². The zero-order valence-electron chi connectivity index (χ0n) is 21.8. The molecule has 2 heterocycles. The number of hydrogen-bond donors (Lipinski definition) is 1. The lowest BCUT2D eigenvalue weighted by molar-refractivity contribution is -0.143. The quantitative estimate of drug-likeness (QED) is 0.493. The predicted molar refractivity (Wildman–Crippen MR) is 131 cm³/mol. The highest BCUT2D eigenvalue weighted by Crippen LogP contribution is 2.39. The topological polar surface area (TPSA) is 86.8 Å². The van der Waals surface area contributed by atoms with Crippen LogP contribution in [-0.4, -0.2) is 74.3 Å². The normalized spacial score (nSPS) is 20.2. The van der Waals surface area contributed by atoms with Crippen LogP contribution in [0.2, 0.25) is 0 Å². The summed E-state index contributed by atoms with van der Waals surface area (Å²) in [4.78, 5) is 29.4. The van der Waals surface area contributed by atoms with Crippen molar-refractivity contribution in [1.82, 2.24) is 15.1 Å². The number of amides is 2. The number of rotatable bonds is 7. The van der Waals surface area contributed by atoms with Crippen LogP contribution in [0.15, 0.2) is 18.2 Å². The van der Waals surface area contributed by atoms with Crippen LogP contribution < -0.4 is 5.32 Å². The van der Waals surface area contributed by atoms with Crippen molar-refractivity contribution in [3.05, 3.63) is 34.9 Å². The number of halogens is 6. The van der Waals surface area contributed by atoms with E-state index in [4.69, 9.17) is 0 Å². The number of sulfone groups is 1. The number of benzene rings is 1. The summed E-state index contributed by atoms with van der Waals surface area (Å²) in [7, 11) is -3.13. The van der Waals surface area contributed by atoms with Crippen molar-refractivity contribution in [2.45, 2.75) is 52.0 Å². The first-order valence-electron chi connectivity index (χ1n) is 12.7. The summed E-state index contributed by atoms with van der Waals surface area (Å²) >= 11 is 0. The minimum Gasteiger partial charge on any atom is -0.352 e. The van der Waals surface area contributed by atoms with Gasteiger partial charge in [0, 0.05) is 19.6 Å². The molecule has 1 aromatic carbocycles. The first-order valence-corrected chi connectivity index (χ1v) is 14.5. The molecule has 0 saturated carbocycles. The van der Waals surface area contributed by atoms with Gasteiger partial charge >= 0.3 is 12.4 Å². The van der Waals surface area contributed by atoms with Crippen molar-refractivity contribution in [2.75, 3.05) is 44.2 Å². The van der Waals surface area contributed by atoms with Crippen molar-refractivity contribution in [2.24, 2.45) is 11.3 Å². The number of nitrogens with zero attached hydrogens (tertiary/aromatic N) is 2. The predicted octanol–water partition coefficient (Wildman–Crippen LogP) is 3.73. The molecule has 0 spiro atoms. The van der Waals surface area contributed by atoms with Crippen LogP contribution in [0.25, 0.3) is 0 Å². The average Bonchev–Trinajstić information content (AvgIpc) is 2.82. The van der Waals surface area contributed by atoms with Crippen LogP contribution >= 0.6 is 0 Å². The SMILES string of the molecule is CC(C)CC1(C(=O)NCc2cc(C(F)(F)F)cc(C(F)(F)F)c2)CCN(CC(=O)N2CCS(=O)(=O)CC2)CC1. The van der Waals surface area contributed by atoms with E-state index >= 15 is 0 Å². The third-order valence-electron chi connectivity index (χ3n) is 7.25. The molecular formula is C25H33F6N3O4S. The third kappa shape index (κ3) is 8.32. The molecule has 3 rings (SSSR count). The lowest BCUT2D eigenvalue weighted by atomic mass is 9.72. The molecule has 2 amide bonds. The molecule has 0 radical (unpaired) electrons. The van der Waals surface area contributed by atoms with E-state index in [1.807, 2.05) is 18.7 Å². The molecule has 2 fully saturated rings. The maximum Gasteiger partial charge on any atom is 0.416 e. The molecule has 7 nitrogen and oxygen atoms in total. The maximum absolute atomic E-state index is 13.3. The van der Waals surface area contributed by atoms with Crippen LogP contribution in [0.5, 0.6) is 0 Å². The van der Waals surface area contributed by atoms with E-state index < -0.39 is 51.2 Å². The fourth-order valence-corrected chi connectivity index (χ4v) is 6.39. The lowest BCUT2D eigenvalue weighted by Gasteiger charge is -2.42. The molecular weight excluding hydrogens is 552 g/mol. The Labute approximate surface area is 223 Å². The molecule has 2 saturated heterocycles. The number of piperidine rings is 1. The molecule has 0 bridgehead atoms. The number of likely N-dealkylation sites (tertiary alicyclic amines) is 1. The number of carbonyl (C=O) groups is 2. The molecule has 0 aromatic heterocycles. The Balaban J connectivity index is 1.66. The van der Waals surface area contributed by atoms with Gasteiger partial charge in [0.15, 0.2) is 9.84 Å². The Morgan fingerprint density at radius 3 is 1.90 bits per heavy atom. The Morgan fingerprint density at radius 1 is 0.923 bits per heavy atom. The van der Waals surface area contributed by atoms with Gasteiger partial charge in [-0.15, -0.1) is 0 Å². The Kier molecular flexibility index (Phi) is 9.30. The van der Waals surface area contributed by atoms with E-state index in [9.17, 15) is 44.3 Å². The number of alkyl halides is 6. The van der Waals surface area contributed by atoms with Gasteiger partial charge in [-0.2, -0.15) is 26.3 Å². The van der Waals surface area contributed by atoms with Gasteiger partial charge in [-0.1, -0.05) is 13.8 Å². The maximum atomic E-state index is 13.3. The van der Waals surface area contributed by atoms with Gasteiger partial charge < -0.3 is 10.2 Å². The van der Waals surface area contributed by atoms with Crippen LogP contribution in [0.1, 0.15) is 49.8 Å². The van der Waals surface area contributed by atoms with Crippen LogP contribution in [-0.2, 0) is 38.3 Å². The first kappa shape index (κ1) is 31.2. The van der Waals surface area contributed by atoms with Crippen molar-refractivity contribution in [1.29, 1.82) is 0 Å². The van der Waals surface area contributed by atoms with Crippen LogP contribution in [0.3, 0.4) is 0 Å². The van der Waals surface area contributed by atoms with Gasteiger partial charge in [0.05, 0.1) is 34.6 Å². The molecule has 220 valence electrons. The van der Waals surface area contributed by atoms with E-state index in [0.717, 1.165) is 0 Å². The smallest absolute Gasteiger partial charge is 0.352 e. The molecule has 39 heavy (non-hydrogen) atoms. The van der Waals surface area contributed by atoms with Gasteiger partial charge in [-0.3, -0.25) is 14.5 Å². The molecule has 1 N–H and O–H groups in total. The molecule has 0 unspecified atom stereocenters. The minimum absolute atomic E-state index is 0.0470. The highest BCUT2D eigenvalue weighted by atomic mass is 32.2. The van der Waals surface area contributed by atoms with E-state index in [0.29, 0.717) is 44.5 Å². The second kappa shape index (κ2) is 11.6. The Bertz CT molecular complexity index is 1110. The van der Waals surface area contributed by atoms with Crippen molar-refractivity contribution < 1.29 is 44.3 Å². The van der Waals surface area contributed by atoms with E-state index in [1.54, 1.807) is 0 Å². The largest absolute Gasteiger partial charge is 0.416 e. The summed E-state index contributed by atoms with van der Waals surface area (Å²) in [5, 5.41) is 2.56. The summed E-state index contributed by atoms with van der Waals surface area (Å²) in [5.41, 5.74) is -4.08. The second-order valence-electron chi connectivity index (χ2n) is 10.8. The van der Waals surface area contributed by atoms with Crippen molar-refractivity contribution in [3.63, 3.8) is 0 Å². The highest BCUT2D eigenvalue weighted by Gasteiger charge is 2.42. The van der Waals surface area contributed by atoms with Crippen LogP contribution in [0.4, 0.5) is 26.3 Å². The van der Waals surface area contributed by atoms with Crippen molar-refractivity contribution in [3.8, 4) is 0 Å². The van der Waals surface area contributed by atoms with E-state index in [2.05, 4.69) is 5.32 Å². The molecule has 0 atom stereocenters. The molecule has 0 aliphatic carbocycles. The fourth-order valence-electron chi connectivity index (χ4n) is 5.19. The Hall–Kier alpha value is -2.35. The first-order chi connectivity index (χ1) is 17.9. The summed E-state index contributed by atoms with van der Waals surface area (Å²) in [5.74, 6) is -0.714. The zero-order valence-corrected chi connectivity index (χ0v) is 22.6. The average molecular weight is 586 g/mol. The molecule has 1 aromatic rings. The summed E-state index contributed by atoms with van der Waals surface area (Å²) in [6, 6.07) is 1.25. The fraction of sp³-hybridized carbons (Fsp3) is 0.680. The molecule has 14 heteroatoms. The Morgan fingerprint density at radius 2 is 1.44 bits per heavy atom. The van der Waals surface area contributed by atoms with E-state index in [1.165, 1.54) is 4.90 Å². The number of hydrogen-bond acceptors (Lipinski definition) is 5. The molecule has 2 aliphatic rings. The zero-order chi connectivity index (χ0) is 29.2. The summed E-state index contributed by atoms with van der Waals surface area (Å²) in [6.45, 7) is 4.46. The standard InChI is InChI=1S/C25H33F6N3O4S/c1-17(2)14-23(3-5-33(6-4-23)16-21(35)34-7-9-39(37,38)10-8-34)22(36)32-15-18-11-19(24(26,27)28)13-20(12-18)25(29,30)31/h11-13,17H,3-10,14-16H2,1-2H3,(H,32,36). The van der Waals surface area contributed by atoms with Gasteiger partial charge in [0.1, 0.15) is 0 Å². The van der Waals surface area contributed by atoms with Gasteiger partial charge in [-0.05, 0) is 62.0 Å². The minimum atomic E-state index is -4.98. The highest BCUT2D eigenvalue weighted by molar-refractivity contribution is 7.91. The van der Waals surface area contributed by atoms with Crippen molar-refractivity contribution >= 4 is 21.7 Å². The monoisotopic (exact) mass is 585 g/mol. The second-order valence-corrected chi connectivity index (χ2v) is 13.1. The number of carbonyl (C=O) groups excluding carboxylic acids is 2. The number of nitrogens with one attached hydrogen (secondary N) is 1. The molecule has 2 aliphatic heterocycles. The van der Waals surface area contributed by atoms with Gasteiger partial charge in [0.2, 0.25) is 11.8 Å². The summed E-state index contributed by atoms with van der Waals surface area (Å²) < 4.78 is 102. The lowest BCUT2D eigenvalue weighted by Crippen LogP contribution is -2.52. The van der Waals surface area contributed by atoms with Gasteiger partial charge in [0.25, 0.3) is 0 Å². The third-order valence-corrected chi connectivity index (χ3v) is 8.86.